The molecule has 0 fully saturated rings. The van der Waals surface area contributed by atoms with Crippen molar-refractivity contribution in [1.82, 2.24) is 0 Å². The zero-order valence-corrected chi connectivity index (χ0v) is 6.90. The summed E-state index contributed by atoms with van der Waals surface area (Å²) in [6, 6.07) is 9.69. The molecular formula is C9H11NO2. The first-order chi connectivity index (χ1) is 5.86. The van der Waals surface area contributed by atoms with Gasteiger partial charge in [-0.25, -0.2) is 0 Å². The highest BCUT2D eigenvalue weighted by Gasteiger charge is 1.99. The largest absolute Gasteiger partial charge is 0.482 e. The smallest absolute Gasteiger partial charge is 0.229 e. The second kappa shape index (κ2) is 4.38. The lowest BCUT2D eigenvalue weighted by Crippen LogP contribution is -2.05. The standard InChI is InChI=1S/C9H11NO2/c1-12-9(10-11)7-8-5-3-2-4-6-8/h2-6,11H,7H2,1H3. The molecule has 1 N–H and O–H groups in total. The molecule has 12 heavy (non-hydrogen) atoms. The summed E-state index contributed by atoms with van der Waals surface area (Å²) in [7, 11) is 1.48. The third-order valence-corrected chi connectivity index (χ3v) is 1.55. The Labute approximate surface area is 71.3 Å². The van der Waals surface area contributed by atoms with Crippen molar-refractivity contribution in [3.63, 3.8) is 0 Å². The molecule has 0 radical (unpaired) electrons. The van der Waals surface area contributed by atoms with E-state index in [1.165, 1.54) is 7.11 Å². The highest BCUT2D eigenvalue weighted by Crippen LogP contribution is 2.00. The average molecular weight is 165 g/mol. The van der Waals surface area contributed by atoms with Crippen molar-refractivity contribution in [2.24, 2.45) is 5.16 Å². The quantitative estimate of drug-likeness (QED) is 0.313. The van der Waals surface area contributed by atoms with Crippen LogP contribution in [0, 0.1) is 0 Å². The Kier molecular flexibility index (Phi) is 3.14. The van der Waals surface area contributed by atoms with E-state index < -0.39 is 0 Å². The van der Waals surface area contributed by atoms with E-state index in [0.29, 0.717) is 12.3 Å². The number of hydrogen-bond acceptors (Lipinski definition) is 3. The van der Waals surface area contributed by atoms with Gasteiger partial charge in [0.1, 0.15) is 0 Å². The average Bonchev–Trinajstić information content (AvgIpc) is 2.16. The monoisotopic (exact) mass is 165 g/mol. The van der Waals surface area contributed by atoms with Crippen molar-refractivity contribution in [2.45, 2.75) is 6.42 Å². The molecule has 1 rings (SSSR count). The summed E-state index contributed by atoms with van der Waals surface area (Å²) >= 11 is 0. The summed E-state index contributed by atoms with van der Waals surface area (Å²) in [5.74, 6) is 0.321. The zero-order chi connectivity index (χ0) is 8.81. The van der Waals surface area contributed by atoms with Gasteiger partial charge in [0.15, 0.2) is 0 Å². The lowest BCUT2D eigenvalue weighted by Gasteiger charge is -2.01. The maximum absolute atomic E-state index is 8.45. The predicted molar refractivity (Wildman–Crippen MR) is 46.4 cm³/mol. The Morgan fingerprint density at radius 2 is 2.08 bits per heavy atom. The van der Waals surface area contributed by atoms with E-state index >= 15 is 0 Å². The fourth-order valence-electron chi connectivity index (χ4n) is 0.919. The summed E-state index contributed by atoms with van der Waals surface area (Å²) in [6.45, 7) is 0. The summed E-state index contributed by atoms with van der Waals surface area (Å²) in [5, 5.41) is 11.4. The SMILES string of the molecule is COC(Cc1ccccc1)=NO. The van der Waals surface area contributed by atoms with Gasteiger partial charge in [-0.05, 0) is 5.56 Å². The van der Waals surface area contributed by atoms with Gasteiger partial charge in [0.25, 0.3) is 0 Å². The van der Waals surface area contributed by atoms with E-state index in [1.807, 2.05) is 30.3 Å². The number of nitrogens with zero attached hydrogens (tertiary/aromatic N) is 1. The molecule has 3 nitrogen and oxygen atoms in total. The molecule has 0 aliphatic heterocycles. The van der Waals surface area contributed by atoms with E-state index in [2.05, 4.69) is 5.16 Å². The molecular weight excluding hydrogens is 154 g/mol. The van der Waals surface area contributed by atoms with Gasteiger partial charge in [-0.1, -0.05) is 35.5 Å². The van der Waals surface area contributed by atoms with Gasteiger partial charge in [-0.2, -0.15) is 0 Å². The highest BCUT2D eigenvalue weighted by molar-refractivity contribution is 5.77. The normalized spacial score (nSPS) is 11.2. The Balaban J connectivity index is 2.64. The van der Waals surface area contributed by atoms with Crippen LogP contribution in [0.4, 0.5) is 0 Å². The second-order valence-corrected chi connectivity index (χ2v) is 2.36. The third kappa shape index (κ3) is 2.27. The fourth-order valence-corrected chi connectivity index (χ4v) is 0.919. The van der Waals surface area contributed by atoms with Gasteiger partial charge >= 0.3 is 0 Å². The first kappa shape index (κ1) is 8.59. The zero-order valence-electron chi connectivity index (χ0n) is 6.90. The van der Waals surface area contributed by atoms with E-state index in [0.717, 1.165) is 5.56 Å². The van der Waals surface area contributed by atoms with Gasteiger partial charge in [-0.3, -0.25) is 0 Å². The van der Waals surface area contributed by atoms with Gasteiger partial charge in [0, 0.05) is 0 Å². The molecule has 0 atom stereocenters. The number of rotatable bonds is 2. The summed E-state index contributed by atoms with van der Waals surface area (Å²) in [6.07, 6.45) is 0.522. The summed E-state index contributed by atoms with van der Waals surface area (Å²) < 4.78 is 4.80. The van der Waals surface area contributed by atoms with E-state index in [1.54, 1.807) is 0 Å². The lowest BCUT2D eigenvalue weighted by atomic mass is 10.1. The van der Waals surface area contributed by atoms with Crippen LogP contribution >= 0.6 is 0 Å². The molecule has 0 aliphatic rings. The molecule has 0 saturated carbocycles. The Hall–Kier alpha value is -1.51. The van der Waals surface area contributed by atoms with Gasteiger partial charge in [0.2, 0.25) is 5.90 Å². The summed E-state index contributed by atoms with van der Waals surface area (Å²) in [4.78, 5) is 0. The molecule has 3 heteroatoms. The molecule has 64 valence electrons. The molecule has 0 aromatic heterocycles. The van der Waals surface area contributed by atoms with Gasteiger partial charge in [-0.15, -0.1) is 0 Å². The third-order valence-electron chi connectivity index (χ3n) is 1.55. The molecule has 1 aromatic carbocycles. The highest BCUT2D eigenvalue weighted by atomic mass is 16.5. The lowest BCUT2D eigenvalue weighted by molar-refractivity contribution is 0.282. The fraction of sp³-hybridized carbons (Fsp3) is 0.222. The number of benzene rings is 1. The van der Waals surface area contributed by atoms with Crippen molar-refractivity contribution >= 4 is 5.90 Å². The Morgan fingerprint density at radius 3 is 2.58 bits per heavy atom. The van der Waals surface area contributed by atoms with Crippen molar-refractivity contribution in [1.29, 1.82) is 0 Å². The van der Waals surface area contributed by atoms with Crippen LogP contribution in [0.3, 0.4) is 0 Å². The molecule has 0 heterocycles. The van der Waals surface area contributed by atoms with Crippen molar-refractivity contribution in [3.05, 3.63) is 35.9 Å². The first-order valence-corrected chi connectivity index (χ1v) is 3.65. The van der Waals surface area contributed by atoms with E-state index in [-0.39, 0.29) is 0 Å². The van der Waals surface area contributed by atoms with Gasteiger partial charge < -0.3 is 9.94 Å². The topological polar surface area (TPSA) is 41.8 Å². The van der Waals surface area contributed by atoms with Gasteiger partial charge in [0.05, 0.1) is 13.5 Å². The molecule has 0 saturated heterocycles. The minimum Gasteiger partial charge on any atom is -0.482 e. The maximum atomic E-state index is 8.45. The molecule has 1 aromatic rings. The first-order valence-electron chi connectivity index (χ1n) is 3.65. The van der Waals surface area contributed by atoms with Crippen LogP contribution in [-0.2, 0) is 11.2 Å². The molecule has 0 bridgehead atoms. The number of ether oxygens (including phenoxy) is 1. The molecule has 0 aliphatic carbocycles. The Morgan fingerprint density at radius 1 is 1.42 bits per heavy atom. The minimum absolute atomic E-state index is 0.321. The Bertz CT molecular complexity index is 256. The molecule has 0 spiro atoms. The van der Waals surface area contributed by atoms with Crippen LogP contribution in [0.25, 0.3) is 0 Å². The molecule has 0 amide bonds. The van der Waals surface area contributed by atoms with Crippen LogP contribution in [0.1, 0.15) is 5.56 Å². The van der Waals surface area contributed by atoms with Crippen molar-refractivity contribution in [3.8, 4) is 0 Å². The van der Waals surface area contributed by atoms with Crippen molar-refractivity contribution in [2.75, 3.05) is 7.11 Å². The van der Waals surface area contributed by atoms with Crippen LogP contribution in [0.2, 0.25) is 0 Å². The van der Waals surface area contributed by atoms with Crippen LogP contribution in [0.5, 0.6) is 0 Å². The van der Waals surface area contributed by atoms with Crippen LogP contribution < -0.4 is 0 Å². The second-order valence-electron chi connectivity index (χ2n) is 2.36. The predicted octanol–water partition coefficient (Wildman–Crippen LogP) is 1.66. The van der Waals surface area contributed by atoms with Crippen LogP contribution in [-0.4, -0.2) is 18.2 Å². The minimum atomic E-state index is 0.321. The van der Waals surface area contributed by atoms with E-state index in [4.69, 9.17) is 9.94 Å². The number of methoxy groups -OCH3 is 1. The summed E-state index contributed by atoms with van der Waals surface area (Å²) in [5.41, 5.74) is 1.06. The maximum Gasteiger partial charge on any atom is 0.229 e. The number of hydrogen-bond donors (Lipinski definition) is 1. The van der Waals surface area contributed by atoms with Crippen LogP contribution in [0.15, 0.2) is 35.5 Å². The molecule has 0 unspecified atom stereocenters. The number of oxime groups is 1. The van der Waals surface area contributed by atoms with Crippen molar-refractivity contribution < 1.29 is 9.94 Å². The van der Waals surface area contributed by atoms with E-state index in [9.17, 15) is 0 Å².